The lowest BCUT2D eigenvalue weighted by atomic mass is 10.3. The van der Waals surface area contributed by atoms with Crippen LogP contribution >= 0.6 is 11.8 Å². The van der Waals surface area contributed by atoms with Gasteiger partial charge in [-0.15, -0.1) is 0 Å². The number of H-pyrrole nitrogens is 1. The molecule has 2 N–H and O–H groups in total. The Balaban J connectivity index is 2.15. The summed E-state index contributed by atoms with van der Waals surface area (Å²) in [5, 5.41) is 9.83. The fraction of sp³-hybridized carbons (Fsp3) is 0.545. The topological polar surface area (TPSA) is 104 Å². The predicted octanol–water partition coefficient (Wildman–Crippen LogP) is 0.318. The van der Waals surface area contributed by atoms with E-state index in [9.17, 15) is 8.42 Å². The third-order valence-corrected chi connectivity index (χ3v) is 6.01. The predicted molar refractivity (Wildman–Crippen MR) is 84.5 cm³/mol. The molecule has 1 atom stereocenters. The fourth-order valence-electron chi connectivity index (χ4n) is 2.33. The number of fused-ring (bicyclic) bond motifs is 1. The number of hydrogen-bond acceptors (Lipinski definition) is 8. The first-order valence-corrected chi connectivity index (χ1v) is 9.54. The van der Waals surface area contributed by atoms with E-state index in [1.807, 2.05) is 4.90 Å². The van der Waals surface area contributed by atoms with E-state index in [2.05, 4.69) is 25.5 Å². The van der Waals surface area contributed by atoms with Crippen molar-refractivity contribution in [3.05, 3.63) is 6.20 Å². The van der Waals surface area contributed by atoms with E-state index in [0.717, 1.165) is 11.1 Å². The SMILES string of the molecule is CNc1nc(N2CCSCC2S(C)(=O)=O)c2cn[nH]c2n1. The molecule has 0 radical (unpaired) electrons. The van der Waals surface area contributed by atoms with Crippen LogP contribution in [0.1, 0.15) is 0 Å². The summed E-state index contributed by atoms with van der Waals surface area (Å²) in [6.45, 7) is 0.628. The van der Waals surface area contributed by atoms with Gasteiger partial charge >= 0.3 is 0 Å². The maximum absolute atomic E-state index is 12.1. The summed E-state index contributed by atoms with van der Waals surface area (Å²) in [6, 6.07) is 0. The second kappa shape index (κ2) is 5.34. The molecule has 0 aliphatic carbocycles. The molecule has 1 aliphatic rings. The number of aromatic nitrogens is 4. The van der Waals surface area contributed by atoms with Gasteiger partial charge in [-0.05, 0) is 0 Å². The molecule has 0 spiro atoms. The summed E-state index contributed by atoms with van der Waals surface area (Å²) in [5.74, 6) is 2.45. The molecular weight excluding hydrogens is 312 g/mol. The molecule has 0 bridgehead atoms. The van der Waals surface area contributed by atoms with Crippen molar-refractivity contribution in [2.75, 3.05) is 41.6 Å². The highest BCUT2D eigenvalue weighted by molar-refractivity contribution is 8.01. The third kappa shape index (κ3) is 2.64. The van der Waals surface area contributed by atoms with E-state index >= 15 is 0 Å². The van der Waals surface area contributed by atoms with Gasteiger partial charge in [-0.25, -0.2) is 8.42 Å². The van der Waals surface area contributed by atoms with Crippen LogP contribution in [-0.2, 0) is 9.84 Å². The van der Waals surface area contributed by atoms with E-state index in [1.165, 1.54) is 6.26 Å². The first-order chi connectivity index (χ1) is 10.0. The van der Waals surface area contributed by atoms with Gasteiger partial charge in [0.15, 0.2) is 15.5 Å². The minimum Gasteiger partial charge on any atom is -0.357 e. The van der Waals surface area contributed by atoms with Crippen LogP contribution in [0.3, 0.4) is 0 Å². The number of anilines is 2. The van der Waals surface area contributed by atoms with Crippen molar-refractivity contribution in [1.29, 1.82) is 0 Å². The van der Waals surface area contributed by atoms with Gasteiger partial charge in [0.25, 0.3) is 0 Å². The van der Waals surface area contributed by atoms with Crippen LogP contribution in [-0.4, -0.2) is 65.3 Å². The molecule has 21 heavy (non-hydrogen) atoms. The maximum atomic E-state index is 12.1. The quantitative estimate of drug-likeness (QED) is 0.830. The Morgan fingerprint density at radius 1 is 1.48 bits per heavy atom. The molecule has 2 aromatic heterocycles. The van der Waals surface area contributed by atoms with E-state index in [0.29, 0.717) is 29.7 Å². The molecule has 1 saturated heterocycles. The molecule has 3 heterocycles. The zero-order valence-corrected chi connectivity index (χ0v) is 13.3. The standard InChI is InChI=1S/C11H16N6O2S2/c1-12-11-14-9-7(5-13-16-9)10(15-11)17-3-4-20-6-8(17)21(2,18)19/h5,8H,3-4,6H2,1-2H3,(H2,12,13,14,15,16). The number of hydrogen-bond donors (Lipinski definition) is 2. The van der Waals surface area contributed by atoms with Crippen molar-refractivity contribution in [2.45, 2.75) is 5.37 Å². The molecule has 2 aromatic rings. The van der Waals surface area contributed by atoms with E-state index in [1.54, 1.807) is 25.0 Å². The summed E-state index contributed by atoms with van der Waals surface area (Å²) < 4.78 is 24.1. The summed E-state index contributed by atoms with van der Waals surface area (Å²) in [4.78, 5) is 10.6. The number of nitrogens with zero attached hydrogens (tertiary/aromatic N) is 4. The minimum atomic E-state index is -3.20. The van der Waals surface area contributed by atoms with Crippen LogP contribution < -0.4 is 10.2 Å². The van der Waals surface area contributed by atoms with Crippen LogP contribution in [0.5, 0.6) is 0 Å². The summed E-state index contributed by atoms with van der Waals surface area (Å²) in [6.07, 6.45) is 2.90. The van der Waals surface area contributed by atoms with Crippen molar-refractivity contribution in [3.8, 4) is 0 Å². The Hall–Kier alpha value is -1.55. The Morgan fingerprint density at radius 3 is 3.00 bits per heavy atom. The van der Waals surface area contributed by atoms with Crippen molar-refractivity contribution < 1.29 is 8.42 Å². The lowest BCUT2D eigenvalue weighted by molar-refractivity contribution is 0.584. The normalized spacial score (nSPS) is 19.9. The van der Waals surface area contributed by atoms with Crippen molar-refractivity contribution in [3.63, 3.8) is 0 Å². The molecule has 8 nitrogen and oxygen atoms in total. The molecule has 1 unspecified atom stereocenters. The van der Waals surface area contributed by atoms with Gasteiger partial charge < -0.3 is 10.2 Å². The first kappa shape index (κ1) is 14.4. The van der Waals surface area contributed by atoms with Crippen LogP contribution in [0, 0.1) is 0 Å². The highest BCUT2D eigenvalue weighted by Crippen LogP contribution is 2.30. The number of nitrogens with one attached hydrogen (secondary N) is 2. The summed E-state index contributed by atoms with van der Waals surface area (Å²) in [7, 11) is -1.48. The molecule has 114 valence electrons. The number of thioether (sulfide) groups is 1. The van der Waals surface area contributed by atoms with Gasteiger partial charge in [-0.3, -0.25) is 5.10 Å². The second-order valence-electron chi connectivity index (χ2n) is 4.81. The maximum Gasteiger partial charge on any atom is 0.226 e. The Kier molecular flexibility index (Phi) is 3.66. The smallest absolute Gasteiger partial charge is 0.226 e. The lowest BCUT2D eigenvalue weighted by Gasteiger charge is -2.35. The molecular formula is C11H16N6O2S2. The highest BCUT2D eigenvalue weighted by Gasteiger charge is 2.33. The first-order valence-electron chi connectivity index (χ1n) is 6.43. The molecule has 0 amide bonds. The molecule has 0 aromatic carbocycles. The monoisotopic (exact) mass is 328 g/mol. The largest absolute Gasteiger partial charge is 0.357 e. The number of rotatable bonds is 3. The van der Waals surface area contributed by atoms with Crippen molar-refractivity contribution in [1.82, 2.24) is 20.2 Å². The van der Waals surface area contributed by atoms with Gasteiger partial charge in [-0.2, -0.15) is 26.8 Å². The Bertz CT molecular complexity index is 759. The third-order valence-electron chi connectivity index (χ3n) is 3.36. The van der Waals surface area contributed by atoms with Crippen LogP contribution in [0.15, 0.2) is 6.20 Å². The van der Waals surface area contributed by atoms with Crippen LogP contribution in [0.2, 0.25) is 0 Å². The van der Waals surface area contributed by atoms with Crippen molar-refractivity contribution in [2.24, 2.45) is 0 Å². The fourth-order valence-corrected chi connectivity index (χ4v) is 5.15. The van der Waals surface area contributed by atoms with Crippen LogP contribution in [0.25, 0.3) is 11.0 Å². The lowest BCUT2D eigenvalue weighted by Crippen LogP contribution is -2.47. The minimum absolute atomic E-state index is 0.437. The van der Waals surface area contributed by atoms with E-state index < -0.39 is 15.2 Å². The van der Waals surface area contributed by atoms with Gasteiger partial charge in [0.05, 0.1) is 11.6 Å². The highest BCUT2D eigenvalue weighted by atomic mass is 32.2. The Labute approximate surface area is 126 Å². The van der Waals surface area contributed by atoms with Gasteiger partial charge in [0, 0.05) is 31.4 Å². The molecule has 10 heteroatoms. The zero-order valence-electron chi connectivity index (χ0n) is 11.7. The van der Waals surface area contributed by atoms with Gasteiger partial charge in [0.2, 0.25) is 5.95 Å². The zero-order chi connectivity index (χ0) is 15.0. The van der Waals surface area contributed by atoms with Crippen molar-refractivity contribution >= 4 is 44.4 Å². The van der Waals surface area contributed by atoms with E-state index in [-0.39, 0.29) is 0 Å². The average molecular weight is 328 g/mol. The summed E-state index contributed by atoms with van der Waals surface area (Å²) >= 11 is 1.64. The van der Waals surface area contributed by atoms with Gasteiger partial charge in [0.1, 0.15) is 11.2 Å². The van der Waals surface area contributed by atoms with Crippen LogP contribution in [0.4, 0.5) is 11.8 Å². The number of aromatic amines is 1. The van der Waals surface area contributed by atoms with E-state index in [4.69, 9.17) is 0 Å². The molecule has 0 saturated carbocycles. The molecule has 1 fully saturated rings. The molecule has 3 rings (SSSR count). The van der Waals surface area contributed by atoms with Gasteiger partial charge in [-0.1, -0.05) is 0 Å². The number of sulfone groups is 1. The molecule has 1 aliphatic heterocycles. The summed E-state index contributed by atoms with van der Waals surface area (Å²) in [5.41, 5.74) is 0.592. The Morgan fingerprint density at radius 2 is 2.29 bits per heavy atom. The average Bonchev–Trinajstić information content (AvgIpc) is 2.93. The second-order valence-corrected chi connectivity index (χ2v) is 8.16.